The van der Waals surface area contributed by atoms with Gasteiger partial charge in [0.2, 0.25) is 5.88 Å². The zero-order chi connectivity index (χ0) is 21.0. The number of ketones is 1. The van der Waals surface area contributed by atoms with Crippen LogP contribution < -0.4 is 4.74 Å². The third-order valence-electron chi connectivity index (χ3n) is 5.06. The van der Waals surface area contributed by atoms with Crippen LogP contribution in [0.15, 0.2) is 28.7 Å². The van der Waals surface area contributed by atoms with E-state index in [-0.39, 0.29) is 23.9 Å². The molecule has 0 fully saturated rings. The number of carbonyl (C=O) groups excluding carboxylic acids is 1. The van der Waals surface area contributed by atoms with Gasteiger partial charge in [0.25, 0.3) is 0 Å². The fraction of sp³-hybridized carbons (Fsp3) is 0.435. The van der Waals surface area contributed by atoms with Gasteiger partial charge in [-0.3, -0.25) is 4.79 Å². The van der Waals surface area contributed by atoms with Crippen molar-refractivity contribution in [2.75, 3.05) is 6.61 Å². The zero-order valence-electron chi connectivity index (χ0n) is 17.0. The molecule has 0 radical (unpaired) electrons. The van der Waals surface area contributed by atoms with E-state index >= 15 is 0 Å². The van der Waals surface area contributed by atoms with Gasteiger partial charge in [-0.05, 0) is 44.4 Å². The molecule has 0 saturated carbocycles. The summed E-state index contributed by atoms with van der Waals surface area (Å²) >= 11 is 3.36. The maximum Gasteiger partial charge on any atom is 0.232 e. The minimum Gasteiger partial charge on any atom is -0.468 e. The summed E-state index contributed by atoms with van der Waals surface area (Å²) in [6.07, 6.45) is 3.45. The summed E-state index contributed by atoms with van der Waals surface area (Å²) in [6, 6.07) is 9.37. The average Bonchev–Trinajstić information content (AvgIpc) is 2.69. The molecule has 29 heavy (non-hydrogen) atoms. The van der Waals surface area contributed by atoms with Gasteiger partial charge >= 0.3 is 0 Å². The maximum atomic E-state index is 12.5. The molecule has 2 heterocycles. The number of nitriles is 1. The van der Waals surface area contributed by atoms with E-state index in [1.165, 1.54) is 0 Å². The molecular formula is C23H25BrN2O3. The lowest BCUT2D eigenvalue weighted by atomic mass is 9.87. The molecule has 3 rings (SSSR count). The van der Waals surface area contributed by atoms with Crippen LogP contribution in [0.2, 0.25) is 0 Å². The molecule has 1 aromatic heterocycles. The normalized spacial score (nSPS) is 14.7. The second-order valence-corrected chi connectivity index (χ2v) is 8.77. The zero-order valence-corrected chi connectivity index (χ0v) is 18.6. The quantitative estimate of drug-likeness (QED) is 0.537. The molecule has 2 aromatic rings. The molecule has 1 aliphatic rings. The lowest BCUT2D eigenvalue weighted by Crippen LogP contribution is -2.33. The van der Waals surface area contributed by atoms with Crippen molar-refractivity contribution >= 4 is 21.7 Å². The Morgan fingerprint density at radius 2 is 2.03 bits per heavy atom. The lowest BCUT2D eigenvalue weighted by Gasteiger charge is -2.33. The van der Waals surface area contributed by atoms with Crippen molar-refractivity contribution in [3.05, 3.63) is 56.7 Å². The van der Waals surface area contributed by atoms with Gasteiger partial charge in [-0.25, -0.2) is 4.98 Å². The number of ether oxygens (including phenoxy) is 2. The number of fused-ring (bicyclic) bond motifs is 1. The van der Waals surface area contributed by atoms with Crippen molar-refractivity contribution < 1.29 is 14.3 Å². The third-order valence-corrected chi connectivity index (χ3v) is 5.59. The molecule has 0 bridgehead atoms. The molecule has 0 atom stereocenters. The van der Waals surface area contributed by atoms with E-state index in [2.05, 4.69) is 33.9 Å². The number of rotatable bonds is 7. The van der Waals surface area contributed by atoms with Crippen molar-refractivity contribution in [2.45, 2.75) is 58.7 Å². The van der Waals surface area contributed by atoms with Crippen LogP contribution in [0.3, 0.4) is 0 Å². The van der Waals surface area contributed by atoms with E-state index in [4.69, 9.17) is 9.47 Å². The molecule has 0 amide bonds. The molecule has 0 saturated heterocycles. The molecular weight excluding hydrogens is 432 g/mol. The number of carbonyl (C=O) groups is 1. The minimum atomic E-state index is -0.355. The molecule has 0 unspecified atom stereocenters. The predicted octanol–water partition coefficient (Wildman–Crippen LogP) is 5.17. The molecule has 6 heteroatoms. The largest absolute Gasteiger partial charge is 0.468 e. The first-order valence-electron chi connectivity index (χ1n) is 9.85. The number of benzene rings is 1. The van der Waals surface area contributed by atoms with Gasteiger partial charge in [0.1, 0.15) is 11.6 Å². The highest BCUT2D eigenvalue weighted by atomic mass is 79.9. The summed E-state index contributed by atoms with van der Waals surface area (Å²) in [5, 5.41) is 9.82. The Morgan fingerprint density at radius 3 is 2.69 bits per heavy atom. The monoisotopic (exact) mass is 456 g/mol. The first-order chi connectivity index (χ1) is 13.8. The molecule has 1 aromatic carbocycles. The van der Waals surface area contributed by atoms with Gasteiger partial charge in [-0.15, -0.1) is 0 Å². The number of unbranched alkanes of at least 4 members (excludes halogenated alkanes) is 1. The van der Waals surface area contributed by atoms with Crippen molar-refractivity contribution in [2.24, 2.45) is 0 Å². The van der Waals surface area contributed by atoms with Crippen LogP contribution in [0.25, 0.3) is 0 Å². The molecule has 0 spiro atoms. The number of halogens is 1. The first kappa shape index (κ1) is 21.5. The Kier molecular flexibility index (Phi) is 6.71. The first-order valence-corrected chi connectivity index (χ1v) is 10.6. The maximum absolute atomic E-state index is 12.5. The van der Waals surface area contributed by atoms with Gasteiger partial charge < -0.3 is 9.47 Å². The number of hydrogen-bond acceptors (Lipinski definition) is 5. The van der Waals surface area contributed by atoms with Crippen LogP contribution >= 0.6 is 15.9 Å². The fourth-order valence-electron chi connectivity index (χ4n) is 3.43. The van der Waals surface area contributed by atoms with E-state index in [1.54, 1.807) is 12.1 Å². The van der Waals surface area contributed by atoms with E-state index < -0.39 is 0 Å². The number of aromatic nitrogens is 1. The number of aryl methyl sites for hydroxylation is 1. The summed E-state index contributed by atoms with van der Waals surface area (Å²) in [4.78, 5) is 17.1. The van der Waals surface area contributed by atoms with Gasteiger partial charge in [0, 0.05) is 22.0 Å². The molecule has 152 valence electrons. The van der Waals surface area contributed by atoms with E-state index in [0.717, 1.165) is 40.6 Å². The predicted molar refractivity (Wildman–Crippen MR) is 114 cm³/mol. The van der Waals surface area contributed by atoms with E-state index in [0.29, 0.717) is 24.2 Å². The summed E-state index contributed by atoms with van der Waals surface area (Å²) in [5.41, 5.74) is 3.47. The second kappa shape index (κ2) is 9.06. The van der Waals surface area contributed by atoms with Gasteiger partial charge in [0.05, 0.1) is 17.9 Å². The molecule has 0 N–H and O–H groups in total. The van der Waals surface area contributed by atoms with Gasteiger partial charge in [-0.1, -0.05) is 41.4 Å². The highest BCUT2D eigenvalue weighted by molar-refractivity contribution is 9.10. The van der Waals surface area contributed by atoms with Crippen LogP contribution in [0.1, 0.15) is 66.4 Å². The van der Waals surface area contributed by atoms with Crippen LogP contribution in [0.4, 0.5) is 0 Å². The number of Topliss-reactive ketones (excluding diaryl/α,β-unsaturated/α-hetero) is 1. The minimum absolute atomic E-state index is 0.153. The Morgan fingerprint density at radius 1 is 1.31 bits per heavy atom. The van der Waals surface area contributed by atoms with Crippen LogP contribution in [0, 0.1) is 11.3 Å². The molecule has 1 aliphatic heterocycles. The molecule has 0 aliphatic carbocycles. The van der Waals surface area contributed by atoms with Crippen molar-refractivity contribution in [1.82, 2.24) is 4.98 Å². The van der Waals surface area contributed by atoms with E-state index in [9.17, 15) is 10.1 Å². The number of nitrogens with zero attached hydrogens (tertiary/aromatic N) is 2. The van der Waals surface area contributed by atoms with Crippen LogP contribution in [-0.4, -0.2) is 23.0 Å². The Labute approximate surface area is 180 Å². The lowest BCUT2D eigenvalue weighted by molar-refractivity contribution is -0.0408. The van der Waals surface area contributed by atoms with Crippen molar-refractivity contribution in [1.29, 1.82) is 5.26 Å². The van der Waals surface area contributed by atoms with Gasteiger partial charge in [-0.2, -0.15) is 5.26 Å². The van der Waals surface area contributed by atoms with E-state index in [1.807, 2.05) is 26.0 Å². The number of hydrogen-bond donors (Lipinski definition) is 0. The summed E-state index contributed by atoms with van der Waals surface area (Å²) < 4.78 is 12.7. The number of pyridine rings is 1. The van der Waals surface area contributed by atoms with Crippen LogP contribution in [0.5, 0.6) is 5.88 Å². The van der Waals surface area contributed by atoms with Crippen LogP contribution in [-0.2, 0) is 24.2 Å². The topological polar surface area (TPSA) is 72.2 Å². The average molecular weight is 457 g/mol. The Hall–Kier alpha value is -2.23. The van der Waals surface area contributed by atoms with Crippen molar-refractivity contribution in [3.8, 4) is 11.9 Å². The Bertz CT molecular complexity index is 946. The summed E-state index contributed by atoms with van der Waals surface area (Å²) in [6.45, 7) is 6.45. The SMILES string of the molecule is CCCCc1nc(OCC(=O)c2ccc(Br)cc2)c(C#N)c2c1COC(C)(C)C2. The smallest absolute Gasteiger partial charge is 0.232 e. The summed E-state index contributed by atoms with van der Waals surface area (Å²) in [5.74, 6) is 0.0974. The highest BCUT2D eigenvalue weighted by Crippen LogP contribution is 2.35. The highest BCUT2D eigenvalue weighted by Gasteiger charge is 2.32. The summed E-state index contributed by atoms with van der Waals surface area (Å²) in [7, 11) is 0. The third kappa shape index (κ3) is 5.04. The second-order valence-electron chi connectivity index (χ2n) is 7.86. The fourth-order valence-corrected chi connectivity index (χ4v) is 3.70. The van der Waals surface area contributed by atoms with Crippen molar-refractivity contribution in [3.63, 3.8) is 0 Å². The van der Waals surface area contributed by atoms with Gasteiger partial charge in [0.15, 0.2) is 12.4 Å². The molecule has 5 nitrogen and oxygen atoms in total. The standard InChI is InChI=1S/C23H25BrN2O3/c1-4-5-6-20-19-13-29-23(2,3)11-17(19)18(12-25)22(26-20)28-14-21(27)15-7-9-16(24)10-8-15/h7-10H,4-6,11,13-14H2,1-3H3. The Balaban J connectivity index is 1.91.